The topological polar surface area (TPSA) is 60.5 Å². The zero-order valence-electron chi connectivity index (χ0n) is 14.4. The summed E-state index contributed by atoms with van der Waals surface area (Å²) in [4.78, 5) is 14.4. The van der Waals surface area contributed by atoms with Crippen LogP contribution in [0, 0.1) is 11.9 Å². The third-order valence-corrected chi connectivity index (χ3v) is 4.28. The molecule has 1 saturated heterocycles. The highest BCUT2D eigenvalue weighted by Gasteiger charge is 2.52. The van der Waals surface area contributed by atoms with Crippen molar-refractivity contribution in [1.82, 2.24) is 10.3 Å². The minimum Gasteiger partial charge on any atom is -0.400 e. The molecule has 8 heteroatoms. The van der Waals surface area contributed by atoms with Gasteiger partial charge in [-0.25, -0.2) is 0 Å². The maximum atomic E-state index is 13.8. The average Bonchev–Trinajstić information content (AvgIpc) is 2.65. The van der Waals surface area contributed by atoms with Crippen LogP contribution in [0.1, 0.15) is 40.2 Å². The first-order chi connectivity index (χ1) is 11.0. The molecule has 1 aliphatic rings. The Morgan fingerprint density at radius 3 is 2.33 bits per heavy atom. The minimum absolute atomic E-state index is 0.0893. The predicted octanol–water partition coefficient (Wildman–Crippen LogP) is 2.51. The van der Waals surface area contributed by atoms with E-state index in [0.29, 0.717) is 5.47 Å². The number of hydrogen-bond donors (Lipinski definition) is 1. The van der Waals surface area contributed by atoms with E-state index in [1.54, 1.807) is 0 Å². The second-order valence-corrected chi connectivity index (χ2v) is 6.73. The molecule has 5 nitrogen and oxygen atoms in total. The van der Waals surface area contributed by atoms with Gasteiger partial charge in [0.1, 0.15) is 0 Å². The molecule has 0 aliphatic carbocycles. The monoisotopic (exact) mass is 338 g/mol. The van der Waals surface area contributed by atoms with Gasteiger partial charge in [-0.1, -0.05) is 6.08 Å². The van der Waals surface area contributed by atoms with Crippen LogP contribution < -0.4 is 5.32 Å². The summed E-state index contributed by atoms with van der Waals surface area (Å²) >= 11 is 0. The number of rotatable bonds is 4. The number of carbonyl (C=O) groups excluding carboxylic acids is 1. The normalized spacial score (nSPS) is 19.5. The summed E-state index contributed by atoms with van der Waals surface area (Å²) in [7, 11) is -0.758. The largest absolute Gasteiger partial charge is 0.492 e. The molecule has 0 unspecified atom stereocenters. The Balaban J connectivity index is 2.35. The summed E-state index contributed by atoms with van der Waals surface area (Å²) in [5, 5.41) is 2.64. The van der Waals surface area contributed by atoms with Crippen molar-refractivity contribution in [3.8, 4) is 0 Å². The van der Waals surface area contributed by atoms with Gasteiger partial charge in [-0.15, -0.1) is 0 Å². The molecule has 0 spiro atoms. The second-order valence-electron chi connectivity index (χ2n) is 6.73. The van der Waals surface area contributed by atoms with Crippen molar-refractivity contribution in [1.29, 1.82) is 0 Å². The first-order valence-corrected chi connectivity index (χ1v) is 7.64. The molecule has 1 aromatic heterocycles. The van der Waals surface area contributed by atoms with Gasteiger partial charge in [0.05, 0.1) is 11.2 Å². The van der Waals surface area contributed by atoms with Crippen LogP contribution in [0.5, 0.6) is 0 Å². The third-order valence-electron chi connectivity index (χ3n) is 4.28. The van der Waals surface area contributed by atoms with Gasteiger partial charge in [-0.05, 0) is 45.3 Å². The van der Waals surface area contributed by atoms with Gasteiger partial charge in [0.2, 0.25) is 17.8 Å². The Bertz CT molecular complexity index is 661. The number of halogens is 2. The van der Waals surface area contributed by atoms with E-state index in [9.17, 15) is 13.6 Å². The van der Waals surface area contributed by atoms with Crippen molar-refractivity contribution in [3.05, 3.63) is 35.1 Å². The fraction of sp³-hybridized carbons (Fsp3) is 0.500. The fourth-order valence-corrected chi connectivity index (χ4v) is 2.15. The number of carbonyl (C=O) groups is 1. The van der Waals surface area contributed by atoms with Crippen LogP contribution in [0.2, 0.25) is 0 Å². The Labute approximate surface area is 140 Å². The summed E-state index contributed by atoms with van der Waals surface area (Å²) in [6.45, 7) is 9.06. The van der Waals surface area contributed by atoms with Gasteiger partial charge >= 0.3 is 7.12 Å². The Morgan fingerprint density at radius 1 is 1.25 bits per heavy atom. The van der Waals surface area contributed by atoms with Crippen LogP contribution >= 0.6 is 0 Å². The highest BCUT2D eigenvalue weighted by molar-refractivity contribution is 6.56. The Morgan fingerprint density at radius 2 is 1.83 bits per heavy atom. The summed E-state index contributed by atoms with van der Waals surface area (Å²) in [6.07, 6.45) is 1.46. The zero-order chi connectivity index (χ0) is 18.1. The van der Waals surface area contributed by atoms with Crippen molar-refractivity contribution >= 4 is 19.1 Å². The standard InChI is InChI=1S/C16H21BF2N2O3/c1-10(22)20-9-12(8-11-6-7-13(18)21-14(11)19)17-23-15(2,3)16(4,5)24-17/h6-8H,9H2,1-5H3,(H,20,22). The van der Waals surface area contributed by atoms with Crippen molar-refractivity contribution in [2.45, 2.75) is 45.8 Å². The van der Waals surface area contributed by atoms with Crippen LogP contribution in [-0.2, 0) is 14.1 Å². The van der Waals surface area contributed by atoms with E-state index in [2.05, 4.69) is 10.3 Å². The summed E-state index contributed by atoms with van der Waals surface area (Å²) < 4.78 is 38.7. The number of nitrogens with one attached hydrogen (secondary N) is 1. The molecular formula is C16H21BF2N2O3. The summed E-state index contributed by atoms with van der Waals surface area (Å²) in [5.74, 6) is -2.08. The SMILES string of the molecule is CC(=O)NCC(=Cc1ccc(F)nc1F)B1OC(C)(C)C(C)(C)O1. The van der Waals surface area contributed by atoms with Crippen LogP contribution in [0.25, 0.3) is 6.08 Å². The molecule has 1 aliphatic heterocycles. The molecule has 1 N–H and O–H groups in total. The molecule has 1 fully saturated rings. The molecule has 0 saturated carbocycles. The fourth-order valence-electron chi connectivity index (χ4n) is 2.15. The van der Waals surface area contributed by atoms with Crippen LogP contribution in [0.3, 0.4) is 0 Å². The Hall–Kier alpha value is -1.80. The van der Waals surface area contributed by atoms with Crippen LogP contribution in [0.15, 0.2) is 17.6 Å². The van der Waals surface area contributed by atoms with Gasteiger partial charge in [0, 0.05) is 19.0 Å². The maximum Gasteiger partial charge on any atom is 0.492 e. The number of amides is 1. The average molecular weight is 338 g/mol. The molecule has 2 heterocycles. The molecule has 0 radical (unpaired) electrons. The molecule has 0 aromatic carbocycles. The quantitative estimate of drug-likeness (QED) is 0.677. The second kappa shape index (κ2) is 6.60. The number of nitrogens with zero attached hydrogens (tertiary/aromatic N) is 1. The third kappa shape index (κ3) is 3.99. The van der Waals surface area contributed by atoms with Crippen LogP contribution in [-0.4, -0.2) is 35.8 Å². The molecule has 130 valence electrons. The molecule has 1 amide bonds. The Kier molecular flexibility index (Phi) is 5.10. The predicted molar refractivity (Wildman–Crippen MR) is 86.9 cm³/mol. The van der Waals surface area contributed by atoms with Crippen LogP contribution in [0.4, 0.5) is 8.78 Å². The molecule has 24 heavy (non-hydrogen) atoms. The van der Waals surface area contributed by atoms with E-state index < -0.39 is 30.2 Å². The smallest absolute Gasteiger partial charge is 0.400 e. The van der Waals surface area contributed by atoms with E-state index >= 15 is 0 Å². The molecule has 0 atom stereocenters. The number of aromatic nitrogens is 1. The molecule has 0 bridgehead atoms. The minimum atomic E-state index is -0.938. The lowest BCUT2D eigenvalue weighted by atomic mass is 9.77. The van der Waals surface area contributed by atoms with Crippen molar-refractivity contribution in [2.75, 3.05) is 6.54 Å². The van der Waals surface area contributed by atoms with Crippen molar-refractivity contribution < 1.29 is 22.9 Å². The van der Waals surface area contributed by atoms with E-state index in [1.807, 2.05) is 27.7 Å². The number of pyridine rings is 1. The highest BCUT2D eigenvalue weighted by Crippen LogP contribution is 2.38. The van der Waals surface area contributed by atoms with Crippen molar-refractivity contribution in [3.63, 3.8) is 0 Å². The van der Waals surface area contributed by atoms with E-state index in [-0.39, 0.29) is 18.0 Å². The molecule has 1 aromatic rings. The molecule has 2 rings (SSSR count). The van der Waals surface area contributed by atoms with Crippen molar-refractivity contribution in [2.24, 2.45) is 0 Å². The number of hydrogen-bond acceptors (Lipinski definition) is 4. The van der Waals surface area contributed by atoms with Gasteiger partial charge in [-0.3, -0.25) is 4.79 Å². The van der Waals surface area contributed by atoms with Gasteiger partial charge in [0.25, 0.3) is 0 Å². The van der Waals surface area contributed by atoms with E-state index in [0.717, 1.165) is 6.07 Å². The lowest BCUT2D eigenvalue weighted by Crippen LogP contribution is -2.41. The van der Waals surface area contributed by atoms with E-state index in [1.165, 1.54) is 19.1 Å². The van der Waals surface area contributed by atoms with E-state index in [4.69, 9.17) is 9.31 Å². The lowest BCUT2D eigenvalue weighted by molar-refractivity contribution is -0.118. The zero-order valence-corrected chi connectivity index (χ0v) is 14.4. The first-order valence-electron chi connectivity index (χ1n) is 7.64. The highest BCUT2D eigenvalue weighted by atomic mass is 19.1. The van der Waals surface area contributed by atoms with Gasteiger partial charge < -0.3 is 14.6 Å². The van der Waals surface area contributed by atoms with Gasteiger partial charge in [0.15, 0.2) is 0 Å². The molecular weight excluding hydrogens is 317 g/mol. The maximum absolute atomic E-state index is 13.8. The summed E-state index contributed by atoms with van der Waals surface area (Å²) in [5.41, 5.74) is -0.554. The van der Waals surface area contributed by atoms with Gasteiger partial charge in [-0.2, -0.15) is 13.8 Å². The first kappa shape index (κ1) is 18.5. The summed E-state index contributed by atoms with van der Waals surface area (Å²) in [6, 6.07) is 2.34. The lowest BCUT2D eigenvalue weighted by Gasteiger charge is -2.32.